The molecule has 0 fully saturated rings. The van der Waals surface area contributed by atoms with Gasteiger partial charge >= 0.3 is 0 Å². The Morgan fingerprint density at radius 2 is 1.93 bits per heavy atom. The third kappa shape index (κ3) is 4.32. The highest BCUT2D eigenvalue weighted by molar-refractivity contribution is 7.91. The number of pyridine rings is 2. The summed E-state index contributed by atoms with van der Waals surface area (Å²) in [5, 5.41) is 3.22. The van der Waals surface area contributed by atoms with E-state index in [2.05, 4.69) is 15.3 Å². The van der Waals surface area contributed by atoms with Gasteiger partial charge in [0.05, 0.1) is 22.0 Å². The number of carbonyl (C=O) groups excluding carboxylic acids is 1. The largest absolute Gasteiger partial charge is 0.322 e. The number of nitrogens with one attached hydrogen (secondary N) is 1. The van der Waals surface area contributed by atoms with E-state index < -0.39 is 15.7 Å². The van der Waals surface area contributed by atoms with Crippen LogP contribution in [0.1, 0.15) is 17.3 Å². The van der Waals surface area contributed by atoms with Crippen LogP contribution in [-0.4, -0.2) is 30.0 Å². The van der Waals surface area contributed by atoms with Crippen molar-refractivity contribution in [2.24, 2.45) is 0 Å². The summed E-state index contributed by atoms with van der Waals surface area (Å²) in [7, 11) is -3.40. The lowest BCUT2D eigenvalue weighted by Crippen LogP contribution is -2.13. The van der Waals surface area contributed by atoms with Crippen LogP contribution in [0.25, 0.3) is 11.3 Å². The Hall–Kier alpha value is -2.77. The number of amides is 1. The Balaban J connectivity index is 1.82. The van der Waals surface area contributed by atoms with Crippen molar-refractivity contribution in [2.75, 3.05) is 11.1 Å². The monoisotopic (exact) mass is 401 g/mol. The molecule has 8 heteroatoms. The van der Waals surface area contributed by atoms with E-state index in [1.54, 1.807) is 30.5 Å². The Morgan fingerprint density at radius 3 is 2.56 bits per heavy atom. The molecule has 27 heavy (non-hydrogen) atoms. The van der Waals surface area contributed by atoms with Crippen molar-refractivity contribution in [3.05, 3.63) is 71.5 Å². The van der Waals surface area contributed by atoms with Gasteiger partial charge in [-0.2, -0.15) is 0 Å². The average Bonchev–Trinajstić information content (AvgIpc) is 2.70. The molecule has 3 rings (SSSR count). The minimum atomic E-state index is -3.40. The Labute approximate surface area is 162 Å². The molecule has 0 atom stereocenters. The van der Waals surface area contributed by atoms with Crippen molar-refractivity contribution in [2.45, 2.75) is 11.9 Å². The van der Waals surface area contributed by atoms with Gasteiger partial charge in [-0.1, -0.05) is 24.6 Å². The fraction of sp³-hybridized carbons (Fsp3) is 0.105. The number of rotatable bonds is 5. The van der Waals surface area contributed by atoms with Crippen LogP contribution in [-0.2, 0) is 9.84 Å². The molecule has 2 aromatic heterocycles. The second-order valence-corrected chi connectivity index (χ2v) is 8.28. The van der Waals surface area contributed by atoms with Crippen LogP contribution in [0.3, 0.4) is 0 Å². The van der Waals surface area contributed by atoms with E-state index >= 15 is 0 Å². The molecule has 2 heterocycles. The molecule has 0 saturated heterocycles. The van der Waals surface area contributed by atoms with Crippen molar-refractivity contribution in [3.63, 3.8) is 0 Å². The molecule has 0 radical (unpaired) electrons. The molecule has 0 aliphatic carbocycles. The number of hydrogen-bond acceptors (Lipinski definition) is 5. The molecule has 0 spiro atoms. The maximum absolute atomic E-state index is 12.4. The van der Waals surface area contributed by atoms with Gasteiger partial charge in [-0.15, -0.1) is 0 Å². The molecule has 1 N–H and O–H groups in total. The first-order valence-electron chi connectivity index (χ1n) is 8.12. The molecule has 0 aliphatic rings. The van der Waals surface area contributed by atoms with E-state index in [9.17, 15) is 13.2 Å². The normalized spacial score (nSPS) is 11.2. The van der Waals surface area contributed by atoms with Gasteiger partial charge in [0.1, 0.15) is 0 Å². The first-order chi connectivity index (χ1) is 12.9. The molecule has 0 unspecified atom stereocenters. The second-order valence-electron chi connectivity index (χ2n) is 5.65. The van der Waals surface area contributed by atoms with Crippen LogP contribution in [0, 0.1) is 0 Å². The summed E-state index contributed by atoms with van der Waals surface area (Å²) >= 11 is 6.24. The first-order valence-corrected chi connectivity index (χ1v) is 10.1. The number of sulfone groups is 1. The highest BCUT2D eigenvalue weighted by Crippen LogP contribution is 2.29. The summed E-state index contributed by atoms with van der Waals surface area (Å²) in [5.74, 6) is -0.454. The summed E-state index contributed by atoms with van der Waals surface area (Å²) in [6.45, 7) is 1.54. The van der Waals surface area contributed by atoms with Crippen molar-refractivity contribution in [1.29, 1.82) is 0 Å². The summed E-state index contributed by atoms with van der Waals surface area (Å²) in [6.07, 6.45) is 2.90. The Morgan fingerprint density at radius 1 is 1.11 bits per heavy atom. The summed E-state index contributed by atoms with van der Waals surface area (Å²) < 4.78 is 23.6. The van der Waals surface area contributed by atoms with E-state index in [1.165, 1.54) is 25.3 Å². The first kappa shape index (κ1) is 19.0. The van der Waals surface area contributed by atoms with Gasteiger partial charge in [-0.25, -0.2) is 13.4 Å². The van der Waals surface area contributed by atoms with E-state index in [0.717, 1.165) is 0 Å². The smallest absolute Gasteiger partial charge is 0.257 e. The van der Waals surface area contributed by atoms with Crippen molar-refractivity contribution in [1.82, 2.24) is 9.97 Å². The number of nitrogens with zero attached hydrogens (tertiary/aromatic N) is 2. The molecule has 138 valence electrons. The molecule has 1 amide bonds. The molecule has 6 nitrogen and oxygen atoms in total. The standard InChI is InChI=1S/C19H16ClN3O3S/c1-2-27(25,26)18-9-6-13(12-22-18)19(24)23-14-7-8-16(20)15(11-14)17-5-3-4-10-21-17/h3-12H,2H2,1H3,(H,23,24). The molecular weight excluding hydrogens is 386 g/mol. The van der Waals surface area contributed by atoms with Crippen molar-refractivity contribution >= 4 is 33.0 Å². The van der Waals surface area contributed by atoms with Gasteiger partial charge in [-0.3, -0.25) is 9.78 Å². The summed E-state index contributed by atoms with van der Waals surface area (Å²) in [4.78, 5) is 20.6. The van der Waals surface area contributed by atoms with Crippen molar-refractivity contribution in [3.8, 4) is 11.3 Å². The summed E-state index contributed by atoms with van der Waals surface area (Å²) in [6, 6.07) is 13.3. The predicted octanol–water partition coefficient (Wildman–Crippen LogP) is 3.84. The van der Waals surface area contributed by atoms with Gasteiger partial charge in [0.25, 0.3) is 5.91 Å². The van der Waals surface area contributed by atoms with Gasteiger partial charge in [-0.05, 0) is 42.5 Å². The second kappa shape index (κ2) is 7.85. The van der Waals surface area contributed by atoms with E-state index in [-0.39, 0.29) is 16.3 Å². The third-order valence-corrected chi connectivity index (χ3v) is 5.83. The van der Waals surface area contributed by atoms with Gasteiger partial charge in [0, 0.05) is 23.6 Å². The fourth-order valence-electron chi connectivity index (χ4n) is 2.37. The number of benzene rings is 1. The van der Waals surface area contributed by atoms with Crippen LogP contribution in [0.4, 0.5) is 5.69 Å². The SMILES string of the molecule is CCS(=O)(=O)c1ccc(C(=O)Nc2ccc(Cl)c(-c3ccccn3)c2)cn1. The van der Waals surface area contributed by atoms with Gasteiger partial charge in [0.2, 0.25) is 0 Å². The van der Waals surface area contributed by atoms with E-state index in [0.29, 0.717) is 22.0 Å². The minimum Gasteiger partial charge on any atom is -0.322 e. The average molecular weight is 402 g/mol. The fourth-order valence-corrected chi connectivity index (χ4v) is 3.37. The number of carbonyl (C=O) groups is 1. The zero-order chi connectivity index (χ0) is 19.4. The topological polar surface area (TPSA) is 89.0 Å². The maximum atomic E-state index is 12.4. The number of aromatic nitrogens is 2. The highest BCUT2D eigenvalue weighted by Gasteiger charge is 2.15. The quantitative estimate of drug-likeness (QED) is 0.701. The Bertz CT molecular complexity index is 1070. The van der Waals surface area contributed by atoms with Crippen molar-refractivity contribution < 1.29 is 13.2 Å². The van der Waals surface area contributed by atoms with Crippen LogP contribution in [0.15, 0.2) is 66.0 Å². The molecule has 0 aliphatic heterocycles. The van der Waals surface area contributed by atoms with E-state index in [1.807, 2.05) is 12.1 Å². The van der Waals surface area contributed by atoms with Crippen LogP contribution in [0.2, 0.25) is 5.02 Å². The number of halogens is 1. The summed E-state index contributed by atoms with van der Waals surface area (Å²) in [5.41, 5.74) is 2.17. The molecule has 0 bridgehead atoms. The lowest BCUT2D eigenvalue weighted by molar-refractivity contribution is 0.102. The lowest BCUT2D eigenvalue weighted by atomic mass is 10.1. The Kier molecular flexibility index (Phi) is 5.53. The van der Waals surface area contributed by atoms with Crippen LogP contribution >= 0.6 is 11.6 Å². The van der Waals surface area contributed by atoms with Crippen LogP contribution < -0.4 is 5.32 Å². The zero-order valence-corrected chi connectivity index (χ0v) is 16.0. The molecule has 3 aromatic rings. The third-order valence-electron chi connectivity index (χ3n) is 3.86. The predicted molar refractivity (Wildman–Crippen MR) is 105 cm³/mol. The maximum Gasteiger partial charge on any atom is 0.257 e. The van der Waals surface area contributed by atoms with E-state index in [4.69, 9.17) is 11.6 Å². The molecular formula is C19H16ClN3O3S. The number of anilines is 1. The highest BCUT2D eigenvalue weighted by atomic mass is 35.5. The molecule has 1 aromatic carbocycles. The molecule has 0 saturated carbocycles. The zero-order valence-electron chi connectivity index (χ0n) is 14.4. The lowest BCUT2D eigenvalue weighted by Gasteiger charge is -2.09. The van der Waals surface area contributed by atoms with Gasteiger partial charge in [0.15, 0.2) is 14.9 Å². The minimum absolute atomic E-state index is 0.0490. The number of hydrogen-bond donors (Lipinski definition) is 1. The van der Waals surface area contributed by atoms with Crippen LogP contribution in [0.5, 0.6) is 0 Å². The van der Waals surface area contributed by atoms with Gasteiger partial charge < -0.3 is 5.32 Å².